The SMILES string of the molecule is CC(=O)c1ccc(O)c(CC(O)CO)c1. The molecule has 0 fully saturated rings. The quantitative estimate of drug-likeness (QED) is 0.632. The molecular weight excluding hydrogens is 196 g/mol. The number of hydrogen-bond donors (Lipinski definition) is 3. The van der Waals surface area contributed by atoms with Crippen molar-refractivity contribution in [1.29, 1.82) is 0 Å². The first-order chi connectivity index (χ1) is 7.04. The van der Waals surface area contributed by atoms with E-state index in [1.165, 1.54) is 25.1 Å². The molecule has 0 heterocycles. The highest BCUT2D eigenvalue weighted by molar-refractivity contribution is 5.94. The molecule has 1 rings (SSSR count). The Labute approximate surface area is 87.8 Å². The molecule has 15 heavy (non-hydrogen) atoms. The fourth-order valence-electron chi connectivity index (χ4n) is 1.29. The number of phenols is 1. The average Bonchev–Trinajstić information content (AvgIpc) is 2.20. The normalized spacial score (nSPS) is 12.5. The summed E-state index contributed by atoms with van der Waals surface area (Å²) in [7, 11) is 0. The zero-order valence-electron chi connectivity index (χ0n) is 8.47. The molecule has 0 spiro atoms. The van der Waals surface area contributed by atoms with Gasteiger partial charge in [-0.1, -0.05) is 0 Å². The van der Waals surface area contributed by atoms with Gasteiger partial charge in [-0.15, -0.1) is 0 Å². The maximum Gasteiger partial charge on any atom is 0.159 e. The van der Waals surface area contributed by atoms with Gasteiger partial charge in [-0.05, 0) is 30.7 Å². The van der Waals surface area contributed by atoms with Gasteiger partial charge in [0.25, 0.3) is 0 Å². The molecule has 0 aromatic heterocycles. The summed E-state index contributed by atoms with van der Waals surface area (Å²) in [5, 5.41) is 27.3. The van der Waals surface area contributed by atoms with Crippen LogP contribution in [0.4, 0.5) is 0 Å². The van der Waals surface area contributed by atoms with E-state index in [9.17, 15) is 15.0 Å². The second kappa shape index (κ2) is 4.91. The zero-order valence-corrected chi connectivity index (χ0v) is 8.47. The number of hydrogen-bond acceptors (Lipinski definition) is 4. The molecule has 4 heteroatoms. The number of benzene rings is 1. The number of rotatable bonds is 4. The molecule has 1 unspecified atom stereocenters. The average molecular weight is 210 g/mol. The van der Waals surface area contributed by atoms with Crippen molar-refractivity contribution < 1.29 is 20.1 Å². The Balaban J connectivity index is 2.95. The van der Waals surface area contributed by atoms with Crippen LogP contribution in [0.25, 0.3) is 0 Å². The third kappa shape index (κ3) is 3.04. The van der Waals surface area contributed by atoms with E-state index in [0.717, 1.165) is 0 Å². The number of aliphatic hydroxyl groups is 2. The van der Waals surface area contributed by atoms with Crippen LogP contribution in [0.2, 0.25) is 0 Å². The molecule has 3 N–H and O–H groups in total. The minimum Gasteiger partial charge on any atom is -0.508 e. The van der Waals surface area contributed by atoms with Crippen LogP contribution in [-0.4, -0.2) is 33.8 Å². The summed E-state index contributed by atoms with van der Waals surface area (Å²) < 4.78 is 0. The summed E-state index contributed by atoms with van der Waals surface area (Å²) in [5.74, 6) is -0.0813. The molecule has 0 saturated heterocycles. The molecule has 1 aromatic rings. The van der Waals surface area contributed by atoms with Gasteiger partial charge in [0.1, 0.15) is 5.75 Å². The first-order valence-electron chi connectivity index (χ1n) is 4.66. The topological polar surface area (TPSA) is 77.8 Å². The second-order valence-electron chi connectivity index (χ2n) is 3.44. The predicted octanol–water partition coefficient (Wildman–Crippen LogP) is 0.490. The Kier molecular flexibility index (Phi) is 3.82. The third-order valence-corrected chi connectivity index (χ3v) is 2.15. The Morgan fingerprint density at radius 1 is 1.47 bits per heavy atom. The molecule has 0 aliphatic carbocycles. The van der Waals surface area contributed by atoms with E-state index in [2.05, 4.69) is 0 Å². The first-order valence-corrected chi connectivity index (χ1v) is 4.66. The minimum absolute atomic E-state index is 0.0208. The van der Waals surface area contributed by atoms with Gasteiger partial charge in [-0.3, -0.25) is 4.79 Å². The van der Waals surface area contributed by atoms with Crippen molar-refractivity contribution >= 4 is 5.78 Å². The van der Waals surface area contributed by atoms with Gasteiger partial charge in [-0.2, -0.15) is 0 Å². The molecule has 0 amide bonds. The van der Waals surface area contributed by atoms with Crippen molar-refractivity contribution in [2.75, 3.05) is 6.61 Å². The van der Waals surface area contributed by atoms with Gasteiger partial charge in [-0.25, -0.2) is 0 Å². The van der Waals surface area contributed by atoms with E-state index < -0.39 is 6.10 Å². The Bertz CT molecular complexity index is 360. The number of phenolic OH excluding ortho intramolecular Hbond substituents is 1. The van der Waals surface area contributed by atoms with Crippen molar-refractivity contribution in [3.05, 3.63) is 29.3 Å². The van der Waals surface area contributed by atoms with Crippen LogP contribution < -0.4 is 0 Å². The maximum atomic E-state index is 11.1. The summed E-state index contributed by atoms with van der Waals surface area (Å²) >= 11 is 0. The van der Waals surface area contributed by atoms with E-state index in [0.29, 0.717) is 11.1 Å². The van der Waals surface area contributed by atoms with E-state index in [1.54, 1.807) is 0 Å². The van der Waals surface area contributed by atoms with Crippen molar-refractivity contribution in [2.24, 2.45) is 0 Å². The van der Waals surface area contributed by atoms with Crippen molar-refractivity contribution in [3.8, 4) is 5.75 Å². The number of Topliss-reactive ketones (excluding diaryl/α,β-unsaturated/α-hetero) is 1. The molecule has 4 nitrogen and oxygen atoms in total. The van der Waals surface area contributed by atoms with Crippen LogP contribution in [0.15, 0.2) is 18.2 Å². The predicted molar refractivity (Wildman–Crippen MR) is 54.9 cm³/mol. The van der Waals surface area contributed by atoms with E-state index in [1.807, 2.05) is 0 Å². The fraction of sp³-hybridized carbons (Fsp3) is 0.364. The lowest BCUT2D eigenvalue weighted by molar-refractivity contribution is 0.0948. The van der Waals surface area contributed by atoms with Gasteiger partial charge in [0, 0.05) is 12.0 Å². The highest BCUT2D eigenvalue weighted by Gasteiger charge is 2.10. The lowest BCUT2D eigenvalue weighted by Gasteiger charge is -2.09. The number of aromatic hydroxyl groups is 1. The molecule has 0 radical (unpaired) electrons. The third-order valence-electron chi connectivity index (χ3n) is 2.15. The second-order valence-corrected chi connectivity index (χ2v) is 3.44. The summed E-state index contributed by atoms with van der Waals surface area (Å²) in [4.78, 5) is 11.1. The van der Waals surface area contributed by atoms with Gasteiger partial charge in [0.2, 0.25) is 0 Å². The summed E-state index contributed by atoms with van der Waals surface area (Å²) in [6, 6.07) is 4.46. The van der Waals surface area contributed by atoms with Crippen LogP contribution in [0.3, 0.4) is 0 Å². The first kappa shape index (κ1) is 11.7. The van der Waals surface area contributed by atoms with Crippen molar-refractivity contribution in [2.45, 2.75) is 19.4 Å². The Morgan fingerprint density at radius 2 is 2.13 bits per heavy atom. The molecular formula is C11H14O4. The Hall–Kier alpha value is -1.39. The lowest BCUT2D eigenvalue weighted by Crippen LogP contribution is -2.15. The molecule has 0 saturated carbocycles. The molecule has 0 bridgehead atoms. The summed E-state index contributed by atoms with van der Waals surface area (Å²) in [6.07, 6.45) is -0.790. The molecule has 0 aliphatic rings. The highest BCUT2D eigenvalue weighted by atomic mass is 16.3. The number of aliphatic hydroxyl groups excluding tert-OH is 2. The largest absolute Gasteiger partial charge is 0.508 e. The summed E-state index contributed by atoms with van der Waals surface area (Å²) in [6.45, 7) is 1.06. The number of carbonyl (C=O) groups excluding carboxylic acids is 1. The minimum atomic E-state index is -0.918. The Morgan fingerprint density at radius 3 is 2.67 bits per heavy atom. The van der Waals surface area contributed by atoms with Crippen LogP contribution >= 0.6 is 0 Å². The zero-order chi connectivity index (χ0) is 11.4. The van der Waals surface area contributed by atoms with Crippen LogP contribution in [0.5, 0.6) is 5.75 Å². The van der Waals surface area contributed by atoms with Crippen molar-refractivity contribution in [3.63, 3.8) is 0 Å². The maximum absolute atomic E-state index is 11.1. The van der Waals surface area contributed by atoms with Gasteiger partial charge >= 0.3 is 0 Å². The smallest absolute Gasteiger partial charge is 0.159 e. The molecule has 1 aromatic carbocycles. The van der Waals surface area contributed by atoms with E-state index in [4.69, 9.17) is 5.11 Å². The highest BCUT2D eigenvalue weighted by Crippen LogP contribution is 2.20. The van der Waals surface area contributed by atoms with Crippen LogP contribution in [0.1, 0.15) is 22.8 Å². The number of ketones is 1. The van der Waals surface area contributed by atoms with E-state index in [-0.39, 0.29) is 24.6 Å². The van der Waals surface area contributed by atoms with E-state index >= 15 is 0 Å². The van der Waals surface area contributed by atoms with Gasteiger partial charge in [0.05, 0.1) is 12.7 Å². The molecule has 82 valence electrons. The standard InChI is InChI=1S/C11H14O4/c1-7(13)8-2-3-11(15)9(4-8)5-10(14)6-12/h2-4,10,12,14-15H,5-6H2,1H3. The molecule has 0 aliphatic heterocycles. The van der Waals surface area contributed by atoms with Crippen LogP contribution in [0, 0.1) is 0 Å². The monoisotopic (exact) mass is 210 g/mol. The van der Waals surface area contributed by atoms with Gasteiger partial charge < -0.3 is 15.3 Å². The fourth-order valence-corrected chi connectivity index (χ4v) is 1.29. The summed E-state index contributed by atoms with van der Waals surface area (Å²) in [5.41, 5.74) is 0.942. The van der Waals surface area contributed by atoms with Gasteiger partial charge in [0.15, 0.2) is 5.78 Å². The van der Waals surface area contributed by atoms with Crippen molar-refractivity contribution in [1.82, 2.24) is 0 Å². The lowest BCUT2D eigenvalue weighted by atomic mass is 10.0. The number of carbonyl (C=O) groups is 1. The van der Waals surface area contributed by atoms with Crippen LogP contribution in [-0.2, 0) is 6.42 Å². The molecule has 1 atom stereocenters.